The van der Waals surface area contributed by atoms with Crippen LogP contribution in [0.5, 0.6) is 0 Å². The molecule has 0 radical (unpaired) electrons. The van der Waals surface area contributed by atoms with Crippen LogP contribution in [0.15, 0.2) is 12.4 Å². The van der Waals surface area contributed by atoms with Gasteiger partial charge in [0, 0.05) is 18.8 Å². The molecule has 2 rings (SSSR count). The topological polar surface area (TPSA) is 50.2 Å². The Bertz CT molecular complexity index is 360. The minimum Gasteiger partial charge on any atom is -0.481 e. The van der Waals surface area contributed by atoms with Gasteiger partial charge in [-0.25, -0.2) is 0 Å². The minimum absolute atomic E-state index is 0.206. The van der Waals surface area contributed by atoms with Crippen molar-refractivity contribution in [1.29, 1.82) is 0 Å². The lowest BCUT2D eigenvalue weighted by Gasteiger charge is -2.05. The number of hydrogen-bond acceptors (Lipinski definition) is 2. The lowest BCUT2D eigenvalue weighted by molar-refractivity contribution is -0.136. The van der Waals surface area contributed by atoms with E-state index in [-0.39, 0.29) is 6.42 Å². The highest BCUT2D eigenvalue weighted by atomic mass is 16.4. The molecule has 1 aliphatic rings. The van der Waals surface area contributed by atoms with Crippen LogP contribution >= 0.6 is 0 Å². The van der Waals surface area contributed by atoms with Crippen LogP contribution in [0.1, 0.15) is 29.5 Å². The molecule has 1 aromatic rings. The van der Waals surface area contributed by atoms with Crippen molar-refractivity contribution in [2.24, 2.45) is 0 Å². The minimum atomic E-state index is -0.736. The van der Waals surface area contributed by atoms with Gasteiger partial charge in [-0.2, -0.15) is 0 Å². The summed E-state index contributed by atoms with van der Waals surface area (Å²) in [6.07, 6.45) is 7.92. The summed E-state index contributed by atoms with van der Waals surface area (Å²) >= 11 is 0. The summed E-state index contributed by atoms with van der Waals surface area (Å²) in [7, 11) is 0. The molecule has 1 aliphatic carbocycles. The largest absolute Gasteiger partial charge is 0.481 e. The van der Waals surface area contributed by atoms with Gasteiger partial charge in [0.25, 0.3) is 0 Å². The van der Waals surface area contributed by atoms with Crippen molar-refractivity contribution < 1.29 is 9.90 Å². The molecule has 1 heterocycles. The number of carboxylic acids is 1. The predicted molar refractivity (Wildman–Crippen MR) is 52.2 cm³/mol. The fourth-order valence-corrected chi connectivity index (χ4v) is 2.03. The van der Waals surface area contributed by atoms with Crippen LogP contribution in [-0.2, 0) is 24.1 Å². The maximum absolute atomic E-state index is 10.5. The number of rotatable bonds is 3. The summed E-state index contributed by atoms with van der Waals surface area (Å²) in [6.45, 7) is 0. The molecule has 3 heteroatoms. The van der Waals surface area contributed by atoms with Gasteiger partial charge < -0.3 is 5.11 Å². The van der Waals surface area contributed by atoms with Crippen molar-refractivity contribution in [3.8, 4) is 0 Å². The van der Waals surface area contributed by atoms with Gasteiger partial charge in [-0.1, -0.05) is 0 Å². The molecule has 74 valence electrons. The molecule has 0 saturated heterocycles. The fraction of sp³-hybridized carbons (Fsp3) is 0.455. The number of carbonyl (C=O) groups is 1. The average Bonchev–Trinajstić information content (AvgIpc) is 2.62. The van der Waals surface area contributed by atoms with Crippen molar-refractivity contribution in [1.82, 2.24) is 4.98 Å². The zero-order chi connectivity index (χ0) is 9.97. The first-order chi connectivity index (χ1) is 6.77. The number of nitrogens with zero attached hydrogens (tertiary/aromatic N) is 1. The van der Waals surface area contributed by atoms with Crippen molar-refractivity contribution >= 4 is 5.97 Å². The smallest absolute Gasteiger partial charge is 0.303 e. The van der Waals surface area contributed by atoms with Crippen LogP contribution in [0.2, 0.25) is 0 Å². The molecule has 3 nitrogen and oxygen atoms in total. The molecule has 0 atom stereocenters. The van der Waals surface area contributed by atoms with Gasteiger partial charge in [0.2, 0.25) is 0 Å². The second-order valence-electron chi connectivity index (χ2n) is 3.68. The second kappa shape index (κ2) is 3.78. The highest BCUT2D eigenvalue weighted by Crippen LogP contribution is 2.24. The second-order valence-corrected chi connectivity index (χ2v) is 3.68. The first-order valence-electron chi connectivity index (χ1n) is 4.94. The predicted octanol–water partition coefficient (Wildman–Crippen LogP) is 1.59. The highest BCUT2D eigenvalue weighted by molar-refractivity contribution is 5.67. The van der Waals surface area contributed by atoms with Gasteiger partial charge in [0.15, 0.2) is 0 Å². The molecule has 0 amide bonds. The third kappa shape index (κ3) is 1.76. The normalized spacial score (nSPS) is 14.0. The van der Waals surface area contributed by atoms with Crippen molar-refractivity contribution in [3.05, 3.63) is 29.1 Å². The van der Waals surface area contributed by atoms with E-state index in [2.05, 4.69) is 4.98 Å². The van der Waals surface area contributed by atoms with Crippen molar-refractivity contribution in [2.75, 3.05) is 0 Å². The SMILES string of the molecule is O=C(O)CCc1cncc2c1CCC2. The molecule has 0 saturated carbocycles. The molecule has 0 spiro atoms. The third-order valence-corrected chi connectivity index (χ3v) is 2.72. The van der Waals surface area contributed by atoms with Crippen LogP contribution in [0, 0.1) is 0 Å². The summed E-state index contributed by atoms with van der Waals surface area (Å²) in [5, 5.41) is 8.60. The van der Waals surface area contributed by atoms with E-state index in [1.54, 1.807) is 0 Å². The lowest BCUT2D eigenvalue weighted by Crippen LogP contribution is -2.01. The molecule has 1 aromatic heterocycles. The number of fused-ring (bicyclic) bond motifs is 1. The third-order valence-electron chi connectivity index (χ3n) is 2.72. The van der Waals surface area contributed by atoms with Crippen LogP contribution in [0.3, 0.4) is 0 Å². The summed E-state index contributed by atoms with van der Waals surface area (Å²) < 4.78 is 0. The molecule has 0 unspecified atom stereocenters. The van der Waals surface area contributed by atoms with Crippen LogP contribution in [0.25, 0.3) is 0 Å². The number of hydrogen-bond donors (Lipinski definition) is 1. The van der Waals surface area contributed by atoms with Crippen LogP contribution < -0.4 is 0 Å². The molecule has 0 aliphatic heterocycles. The quantitative estimate of drug-likeness (QED) is 0.789. The zero-order valence-electron chi connectivity index (χ0n) is 7.99. The maximum Gasteiger partial charge on any atom is 0.303 e. The van der Waals surface area contributed by atoms with E-state index < -0.39 is 5.97 Å². The number of carboxylic acid groups (broad SMARTS) is 1. The number of aliphatic carboxylic acids is 1. The number of aromatic nitrogens is 1. The van der Waals surface area contributed by atoms with E-state index in [1.165, 1.54) is 17.5 Å². The first-order valence-corrected chi connectivity index (χ1v) is 4.94. The molecule has 1 N–H and O–H groups in total. The molecule has 14 heavy (non-hydrogen) atoms. The highest BCUT2D eigenvalue weighted by Gasteiger charge is 2.15. The summed E-state index contributed by atoms with van der Waals surface area (Å²) in [4.78, 5) is 14.6. The van der Waals surface area contributed by atoms with Gasteiger partial charge in [0.1, 0.15) is 0 Å². The van der Waals surface area contributed by atoms with E-state index in [9.17, 15) is 4.79 Å². The molecular formula is C11H13NO2. The fourth-order valence-electron chi connectivity index (χ4n) is 2.03. The molecular weight excluding hydrogens is 178 g/mol. The van der Waals surface area contributed by atoms with E-state index in [0.717, 1.165) is 18.4 Å². The van der Waals surface area contributed by atoms with E-state index >= 15 is 0 Å². The standard InChI is InChI=1S/C11H13NO2/c13-11(14)5-4-9-7-12-6-8-2-1-3-10(8)9/h6-7H,1-5H2,(H,13,14). The van der Waals surface area contributed by atoms with E-state index in [4.69, 9.17) is 5.11 Å². The van der Waals surface area contributed by atoms with Crippen molar-refractivity contribution in [2.45, 2.75) is 32.1 Å². The first kappa shape index (κ1) is 9.19. The summed E-state index contributed by atoms with van der Waals surface area (Å²) in [5.41, 5.74) is 3.79. The summed E-state index contributed by atoms with van der Waals surface area (Å²) in [5.74, 6) is -0.736. The Hall–Kier alpha value is -1.38. The summed E-state index contributed by atoms with van der Waals surface area (Å²) in [6, 6.07) is 0. The number of pyridine rings is 1. The Labute approximate surface area is 82.8 Å². The van der Waals surface area contributed by atoms with Gasteiger partial charge in [-0.3, -0.25) is 9.78 Å². The Balaban J connectivity index is 2.17. The lowest BCUT2D eigenvalue weighted by atomic mass is 10.0. The van der Waals surface area contributed by atoms with Crippen LogP contribution in [-0.4, -0.2) is 16.1 Å². The van der Waals surface area contributed by atoms with Gasteiger partial charge in [0.05, 0.1) is 0 Å². The Morgan fingerprint density at radius 2 is 2.29 bits per heavy atom. The van der Waals surface area contributed by atoms with Gasteiger partial charge in [-0.05, 0) is 42.4 Å². The Morgan fingerprint density at radius 1 is 1.43 bits per heavy atom. The number of aryl methyl sites for hydroxylation is 2. The maximum atomic E-state index is 10.5. The Morgan fingerprint density at radius 3 is 3.07 bits per heavy atom. The van der Waals surface area contributed by atoms with Crippen molar-refractivity contribution in [3.63, 3.8) is 0 Å². The molecule has 0 aromatic carbocycles. The molecule has 0 bridgehead atoms. The van der Waals surface area contributed by atoms with E-state index in [0.29, 0.717) is 6.42 Å². The Kier molecular flexibility index (Phi) is 2.48. The average molecular weight is 191 g/mol. The zero-order valence-corrected chi connectivity index (χ0v) is 7.99. The van der Waals surface area contributed by atoms with Gasteiger partial charge >= 0.3 is 5.97 Å². The van der Waals surface area contributed by atoms with Crippen LogP contribution in [0.4, 0.5) is 0 Å². The monoisotopic (exact) mass is 191 g/mol. The molecule has 0 fully saturated rings. The van der Waals surface area contributed by atoms with E-state index in [1.807, 2.05) is 12.4 Å². The van der Waals surface area contributed by atoms with Gasteiger partial charge in [-0.15, -0.1) is 0 Å².